The summed E-state index contributed by atoms with van der Waals surface area (Å²) in [6, 6.07) is 0. The number of aryl methyl sites for hydroxylation is 1. The summed E-state index contributed by atoms with van der Waals surface area (Å²) >= 11 is 1.25. The predicted molar refractivity (Wildman–Crippen MR) is 75.9 cm³/mol. The monoisotopic (exact) mass is 309 g/mol. The molecule has 1 aliphatic heterocycles. The van der Waals surface area contributed by atoms with E-state index in [0.717, 1.165) is 18.9 Å². The molecule has 0 bridgehead atoms. The van der Waals surface area contributed by atoms with Crippen LogP contribution in [-0.2, 0) is 4.74 Å². The van der Waals surface area contributed by atoms with E-state index in [0.29, 0.717) is 35.4 Å². The molecular formula is C10H15N9OS. The number of anilines is 2. The molecule has 1 aliphatic rings. The van der Waals surface area contributed by atoms with Gasteiger partial charge in [0.1, 0.15) is 5.82 Å². The van der Waals surface area contributed by atoms with E-state index in [2.05, 4.69) is 35.6 Å². The molecule has 1 saturated heterocycles. The fourth-order valence-corrected chi connectivity index (χ4v) is 2.51. The van der Waals surface area contributed by atoms with Crippen molar-refractivity contribution in [2.75, 3.05) is 36.6 Å². The van der Waals surface area contributed by atoms with E-state index in [1.807, 2.05) is 11.8 Å². The predicted octanol–water partition coefficient (Wildman–Crippen LogP) is -0.428. The highest BCUT2D eigenvalue weighted by atomic mass is 32.2. The lowest BCUT2D eigenvalue weighted by Crippen LogP contribution is -2.37. The van der Waals surface area contributed by atoms with Crippen LogP contribution in [-0.4, -0.2) is 56.4 Å². The number of aromatic nitrogens is 6. The number of hydrogen-bond acceptors (Lipinski definition) is 10. The molecule has 0 aromatic carbocycles. The number of nitrogen functional groups attached to an aromatic ring is 1. The van der Waals surface area contributed by atoms with Crippen molar-refractivity contribution in [1.29, 1.82) is 0 Å². The first-order valence-corrected chi connectivity index (χ1v) is 7.18. The molecule has 0 radical (unpaired) electrons. The third kappa shape index (κ3) is 3.37. The Morgan fingerprint density at radius 2 is 2.00 bits per heavy atom. The number of rotatable bonds is 4. The summed E-state index contributed by atoms with van der Waals surface area (Å²) in [7, 11) is 0. The Kier molecular flexibility index (Phi) is 4.13. The van der Waals surface area contributed by atoms with Gasteiger partial charge in [0.05, 0.1) is 13.2 Å². The Labute approximate surface area is 124 Å². The molecule has 4 N–H and O–H groups in total. The number of nitrogens with zero attached hydrogens (tertiary/aromatic N) is 6. The molecule has 1 fully saturated rings. The lowest BCUT2D eigenvalue weighted by Gasteiger charge is -2.26. The minimum atomic E-state index is 0.307. The van der Waals surface area contributed by atoms with Crippen LogP contribution in [0.4, 0.5) is 11.9 Å². The van der Waals surface area contributed by atoms with Crippen LogP contribution in [0.5, 0.6) is 0 Å². The third-order valence-electron chi connectivity index (χ3n) is 2.79. The van der Waals surface area contributed by atoms with Gasteiger partial charge in [-0.15, -0.1) is 5.10 Å². The van der Waals surface area contributed by atoms with Gasteiger partial charge in [-0.25, -0.2) is 10.8 Å². The number of ether oxygens (including phenoxy) is 1. The molecule has 11 heteroatoms. The van der Waals surface area contributed by atoms with Crippen LogP contribution in [0, 0.1) is 6.92 Å². The quantitative estimate of drug-likeness (QED) is 0.505. The molecule has 112 valence electrons. The number of hydrazine groups is 1. The molecule has 0 atom stereocenters. The van der Waals surface area contributed by atoms with Gasteiger partial charge in [-0.05, 0) is 18.7 Å². The van der Waals surface area contributed by atoms with Gasteiger partial charge in [-0.1, -0.05) is 0 Å². The summed E-state index contributed by atoms with van der Waals surface area (Å²) in [5.41, 5.74) is 2.46. The average molecular weight is 309 g/mol. The second-order valence-corrected chi connectivity index (χ2v) is 5.23. The zero-order valence-corrected chi connectivity index (χ0v) is 12.2. The summed E-state index contributed by atoms with van der Waals surface area (Å²) in [6.07, 6.45) is 0. The second kappa shape index (κ2) is 6.20. The SMILES string of the molecule is Cc1nc(Sc2nc(NN)nc(N3CCOCC3)n2)n[nH]1. The first kappa shape index (κ1) is 14.0. The lowest BCUT2D eigenvalue weighted by molar-refractivity contribution is 0.122. The second-order valence-electron chi connectivity index (χ2n) is 4.29. The Bertz CT molecular complexity index is 612. The highest BCUT2D eigenvalue weighted by molar-refractivity contribution is 7.99. The fraction of sp³-hybridized carbons (Fsp3) is 0.500. The van der Waals surface area contributed by atoms with Crippen LogP contribution in [0.15, 0.2) is 10.3 Å². The van der Waals surface area contributed by atoms with E-state index in [1.54, 1.807) is 0 Å². The molecule has 3 heterocycles. The zero-order valence-electron chi connectivity index (χ0n) is 11.4. The van der Waals surface area contributed by atoms with Gasteiger partial charge in [-0.3, -0.25) is 10.5 Å². The van der Waals surface area contributed by atoms with Crippen molar-refractivity contribution in [3.05, 3.63) is 5.82 Å². The van der Waals surface area contributed by atoms with E-state index in [4.69, 9.17) is 10.6 Å². The molecular weight excluding hydrogens is 294 g/mol. The topological polar surface area (TPSA) is 131 Å². The molecule has 0 amide bonds. The Morgan fingerprint density at radius 3 is 2.67 bits per heavy atom. The smallest absolute Gasteiger partial charge is 0.242 e. The summed E-state index contributed by atoms with van der Waals surface area (Å²) in [6.45, 7) is 4.60. The maximum Gasteiger partial charge on any atom is 0.242 e. The molecule has 21 heavy (non-hydrogen) atoms. The first-order chi connectivity index (χ1) is 10.2. The number of H-pyrrole nitrogens is 1. The van der Waals surface area contributed by atoms with Gasteiger partial charge in [0, 0.05) is 13.1 Å². The maximum absolute atomic E-state index is 5.42. The van der Waals surface area contributed by atoms with E-state index in [9.17, 15) is 0 Å². The third-order valence-corrected chi connectivity index (χ3v) is 3.52. The van der Waals surface area contributed by atoms with Crippen molar-refractivity contribution in [3.8, 4) is 0 Å². The van der Waals surface area contributed by atoms with Crippen molar-refractivity contribution in [2.45, 2.75) is 17.2 Å². The average Bonchev–Trinajstić information content (AvgIpc) is 2.93. The normalized spacial score (nSPS) is 15.2. The van der Waals surface area contributed by atoms with Crippen LogP contribution in [0.3, 0.4) is 0 Å². The van der Waals surface area contributed by atoms with Crippen molar-refractivity contribution in [1.82, 2.24) is 30.1 Å². The standard InChI is InChI=1S/C10H15N9OS/c1-6-12-10(18-17-6)21-9-14-7(16-11)13-8(15-9)19-2-4-20-5-3-19/h2-5,11H2,1H3,(H,12,17,18)(H,13,14,15,16). The Balaban J connectivity index is 1.85. The maximum atomic E-state index is 5.42. The number of morpholine rings is 1. The van der Waals surface area contributed by atoms with E-state index in [1.165, 1.54) is 11.8 Å². The van der Waals surface area contributed by atoms with Crippen molar-refractivity contribution in [2.24, 2.45) is 5.84 Å². The minimum absolute atomic E-state index is 0.307. The van der Waals surface area contributed by atoms with E-state index in [-0.39, 0.29) is 0 Å². The first-order valence-electron chi connectivity index (χ1n) is 6.37. The Hall–Kier alpha value is -1.98. The van der Waals surface area contributed by atoms with E-state index >= 15 is 0 Å². The largest absolute Gasteiger partial charge is 0.378 e. The van der Waals surface area contributed by atoms with Crippen LogP contribution < -0.4 is 16.2 Å². The lowest BCUT2D eigenvalue weighted by atomic mass is 10.4. The molecule has 3 rings (SSSR count). The zero-order chi connectivity index (χ0) is 14.7. The highest BCUT2D eigenvalue weighted by Gasteiger charge is 2.17. The van der Waals surface area contributed by atoms with Crippen molar-refractivity contribution < 1.29 is 4.74 Å². The van der Waals surface area contributed by atoms with Gasteiger partial charge in [0.2, 0.25) is 22.2 Å². The molecule has 0 aliphatic carbocycles. The molecule has 0 saturated carbocycles. The molecule has 2 aromatic rings. The van der Waals surface area contributed by atoms with Gasteiger partial charge in [0.15, 0.2) is 0 Å². The number of hydrogen-bond donors (Lipinski definition) is 3. The summed E-state index contributed by atoms with van der Waals surface area (Å²) < 4.78 is 5.32. The highest BCUT2D eigenvalue weighted by Crippen LogP contribution is 2.23. The van der Waals surface area contributed by atoms with Gasteiger partial charge in [-0.2, -0.15) is 15.0 Å². The summed E-state index contributed by atoms with van der Waals surface area (Å²) in [5.74, 6) is 7.03. The molecule has 0 spiro atoms. The fourth-order valence-electron chi connectivity index (χ4n) is 1.81. The number of aromatic amines is 1. The molecule has 0 unspecified atom stereocenters. The minimum Gasteiger partial charge on any atom is -0.378 e. The van der Waals surface area contributed by atoms with E-state index < -0.39 is 0 Å². The van der Waals surface area contributed by atoms with Crippen molar-refractivity contribution >= 4 is 23.7 Å². The summed E-state index contributed by atoms with van der Waals surface area (Å²) in [4.78, 5) is 19.1. The van der Waals surface area contributed by atoms with Crippen LogP contribution in [0.1, 0.15) is 5.82 Å². The Morgan fingerprint density at radius 1 is 1.19 bits per heavy atom. The van der Waals surface area contributed by atoms with Gasteiger partial charge in [0.25, 0.3) is 0 Å². The van der Waals surface area contributed by atoms with Gasteiger partial charge >= 0.3 is 0 Å². The van der Waals surface area contributed by atoms with Gasteiger partial charge < -0.3 is 9.64 Å². The molecule has 10 nitrogen and oxygen atoms in total. The summed E-state index contributed by atoms with van der Waals surface area (Å²) in [5, 5.41) is 7.86. The van der Waals surface area contributed by atoms with Crippen LogP contribution >= 0.6 is 11.8 Å². The number of nitrogens with one attached hydrogen (secondary N) is 2. The molecule has 2 aromatic heterocycles. The van der Waals surface area contributed by atoms with Crippen LogP contribution in [0.2, 0.25) is 0 Å². The van der Waals surface area contributed by atoms with Crippen LogP contribution in [0.25, 0.3) is 0 Å². The van der Waals surface area contributed by atoms with Crippen molar-refractivity contribution in [3.63, 3.8) is 0 Å². The number of nitrogens with two attached hydrogens (primary N) is 1.